The van der Waals surface area contributed by atoms with Gasteiger partial charge in [-0.2, -0.15) is 0 Å². The Morgan fingerprint density at radius 3 is 2.83 bits per heavy atom. The van der Waals surface area contributed by atoms with E-state index in [1.54, 1.807) is 11.3 Å². The summed E-state index contributed by atoms with van der Waals surface area (Å²) < 4.78 is 22.9. The van der Waals surface area contributed by atoms with Crippen LogP contribution in [0, 0.1) is 5.92 Å². The maximum absolute atomic E-state index is 12.4. The van der Waals surface area contributed by atoms with Crippen LogP contribution in [0.1, 0.15) is 47.0 Å². The minimum Gasteiger partial charge on any atom is -0.388 e. The standard InChI is InChI=1S/C16H23NO4S2/c1-11-2-3-12-13(9-22-14(12)8-11)15(18)17-10-16(19)4-6-23(20,21)7-5-16/h9,11,19H,2-8,10H2,1H3,(H,17,18). The molecule has 5 nitrogen and oxygen atoms in total. The van der Waals surface area contributed by atoms with Crippen molar-refractivity contribution in [3.05, 3.63) is 21.4 Å². The van der Waals surface area contributed by atoms with Crippen LogP contribution in [0.3, 0.4) is 0 Å². The molecule has 1 saturated heterocycles. The van der Waals surface area contributed by atoms with Crippen LogP contribution in [-0.4, -0.2) is 43.1 Å². The fraction of sp³-hybridized carbons (Fsp3) is 0.688. The molecule has 1 unspecified atom stereocenters. The van der Waals surface area contributed by atoms with Crippen molar-refractivity contribution in [2.24, 2.45) is 5.92 Å². The van der Waals surface area contributed by atoms with E-state index in [-0.39, 0.29) is 36.8 Å². The van der Waals surface area contributed by atoms with Gasteiger partial charge in [-0.1, -0.05) is 6.92 Å². The van der Waals surface area contributed by atoms with Gasteiger partial charge in [0, 0.05) is 16.8 Å². The molecule has 2 aliphatic rings. The largest absolute Gasteiger partial charge is 0.388 e. The highest BCUT2D eigenvalue weighted by molar-refractivity contribution is 7.91. The van der Waals surface area contributed by atoms with E-state index >= 15 is 0 Å². The van der Waals surface area contributed by atoms with Crippen LogP contribution >= 0.6 is 11.3 Å². The molecule has 0 spiro atoms. The Hall–Kier alpha value is -0.920. The lowest BCUT2D eigenvalue weighted by atomic mass is 9.88. The smallest absolute Gasteiger partial charge is 0.252 e. The molecule has 3 rings (SSSR count). The van der Waals surface area contributed by atoms with Crippen molar-refractivity contribution in [3.63, 3.8) is 0 Å². The van der Waals surface area contributed by atoms with Gasteiger partial charge in [0.1, 0.15) is 0 Å². The summed E-state index contributed by atoms with van der Waals surface area (Å²) in [6, 6.07) is 0. The Morgan fingerprint density at radius 2 is 2.13 bits per heavy atom. The summed E-state index contributed by atoms with van der Waals surface area (Å²) in [6.07, 6.45) is 3.45. The van der Waals surface area contributed by atoms with Crippen molar-refractivity contribution in [1.29, 1.82) is 0 Å². The van der Waals surface area contributed by atoms with E-state index in [0.29, 0.717) is 5.92 Å². The predicted molar refractivity (Wildman–Crippen MR) is 90.7 cm³/mol. The van der Waals surface area contributed by atoms with Gasteiger partial charge in [0.25, 0.3) is 5.91 Å². The number of carbonyl (C=O) groups is 1. The van der Waals surface area contributed by atoms with Gasteiger partial charge in [-0.15, -0.1) is 11.3 Å². The molecule has 1 aliphatic carbocycles. The van der Waals surface area contributed by atoms with E-state index in [0.717, 1.165) is 30.4 Å². The molecule has 0 saturated carbocycles. The van der Waals surface area contributed by atoms with Crippen LogP contribution in [0.2, 0.25) is 0 Å². The van der Waals surface area contributed by atoms with Gasteiger partial charge in [0.05, 0.1) is 22.7 Å². The molecule has 2 N–H and O–H groups in total. The summed E-state index contributed by atoms with van der Waals surface area (Å²) in [4.78, 5) is 13.7. The second kappa shape index (κ2) is 6.18. The zero-order chi connectivity index (χ0) is 16.7. The number of rotatable bonds is 3. The first-order valence-corrected chi connectivity index (χ1v) is 10.8. The monoisotopic (exact) mass is 357 g/mol. The highest BCUT2D eigenvalue weighted by Gasteiger charge is 2.36. The normalized spacial score (nSPS) is 25.6. The highest BCUT2D eigenvalue weighted by Crippen LogP contribution is 2.33. The molecule has 2 heterocycles. The first kappa shape index (κ1) is 16.9. The Balaban J connectivity index is 1.62. The third-order valence-corrected chi connectivity index (χ3v) is 7.68. The highest BCUT2D eigenvalue weighted by atomic mass is 32.2. The van der Waals surface area contributed by atoms with Crippen LogP contribution in [0.5, 0.6) is 0 Å². The van der Waals surface area contributed by atoms with Crippen LogP contribution in [-0.2, 0) is 22.7 Å². The lowest BCUT2D eigenvalue weighted by Crippen LogP contribution is -2.48. The molecule has 1 aromatic rings. The quantitative estimate of drug-likeness (QED) is 0.860. The molecule has 128 valence electrons. The van der Waals surface area contributed by atoms with Crippen LogP contribution in [0.4, 0.5) is 0 Å². The van der Waals surface area contributed by atoms with E-state index in [4.69, 9.17) is 0 Å². The van der Waals surface area contributed by atoms with Crippen LogP contribution < -0.4 is 5.32 Å². The number of hydrogen-bond acceptors (Lipinski definition) is 5. The molecule has 7 heteroatoms. The van der Waals surface area contributed by atoms with E-state index < -0.39 is 15.4 Å². The Bertz CT molecular complexity index is 694. The second-order valence-electron chi connectivity index (χ2n) is 6.96. The number of carbonyl (C=O) groups excluding carboxylic acids is 1. The number of fused-ring (bicyclic) bond motifs is 1. The SMILES string of the molecule is CC1CCc2c(C(=O)NCC3(O)CCS(=O)(=O)CC3)csc2C1. The maximum atomic E-state index is 12.4. The van der Waals surface area contributed by atoms with E-state index in [1.165, 1.54) is 4.88 Å². The molecule has 1 fully saturated rings. The first-order chi connectivity index (χ1) is 10.8. The zero-order valence-electron chi connectivity index (χ0n) is 13.3. The van der Waals surface area contributed by atoms with Gasteiger partial charge < -0.3 is 10.4 Å². The van der Waals surface area contributed by atoms with Gasteiger partial charge in [-0.25, -0.2) is 8.42 Å². The molecule has 1 amide bonds. The summed E-state index contributed by atoms with van der Waals surface area (Å²) in [6.45, 7) is 2.34. The second-order valence-corrected chi connectivity index (χ2v) is 10.2. The summed E-state index contributed by atoms with van der Waals surface area (Å²) >= 11 is 1.64. The summed E-state index contributed by atoms with van der Waals surface area (Å²) in [7, 11) is -3.02. The van der Waals surface area contributed by atoms with Crippen molar-refractivity contribution < 1.29 is 18.3 Å². The molecule has 1 aromatic heterocycles. The minimum atomic E-state index is -3.02. The van der Waals surface area contributed by atoms with Crippen LogP contribution in [0.15, 0.2) is 5.38 Å². The number of aliphatic hydroxyl groups is 1. The van der Waals surface area contributed by atoms with Crippen LogP contribution in [0.25, 0.3) is 0 Å². The molecule has 0 aromatic carbocycles. The first-order valence-electron chi connectivity index (χ1n) is 8.08. The third kappa shape index (κ3) is 3.78. The van der Waals surface area contributed by atoms with Crippen molar-refractivity contribution in [1.82, 2.24) is 5.32 Å². The Kier molecular flexibility index (Phi) is 4.55. The number of thiophene rings is 1. The average molecular weight is 357 g/mol. The molecule has 0 bridgehead atoms. The molecule has 1 atom stereocenters. The zero-order valence-corrected chi connectivity index (χ0v) is 14.9. The van der Waals surface area contributed by atoms with Gasteiger partial charge >= 0.3 is 0 Å². The maximum Gasteiger partial charge on any atom is 0.252 e. The molecule has 23 heavy (non-hydrogen) atoms. The molecular weight excluding hydrogens is 334 g/mol. The summed E-state index contributed by atoms with van der Waals surface area (Å²) in [5.41, 5.74) is 0.777. The minimum absolute atomic E-state index is 0.00882. The lowest BCUT2D eigenvalue weighted by Gasteiger charge is -2.32. The Labute approximate surface area is 141 Å². The summed E-state index contributed by atoms with van der Waals surface area (Å²) in [5.74, 6) is 0.497. The topological polar surface area (TPSA) is 83.5 Å². The van der Waals surface area contributed by atoms with Crippen molar-refractivity contribution in [2.45, 2.75) is 44.6 Å². The predicted octanol–water partition coefficient (Wildman–Crippen LogP) is 1.54. The van der Waals surface area contributed by atoms with Crippen molar-refractivity contribution >= 4 is 27.1 Å². The van der Waals surface area contributed by atoms with Gasteiger partial charge in [-0.05, 0) is 43.6 Å². The van der Waals surface area contributed by atoms with E-state index in [1.807, 2.05) is 5.38 Å². The van der Waals surface area contributed by atoms with Gasteiger partial charge in [0.2, 0.25) is 0 Å². The fourth-order valence-electron chi connectivity index (χ4n) is 3.30. The third-order valence-electron chi connectivity index (χ3n) is 4.98. The van der Waals surface area contributed by atoms with Gasteiger partial charge in [0.15, 0.2) is 9.84 Å². The number of sulfone groups is 1. The lowest BCUT2D eigenvalue weighted by molar-refractivity contribution is 0.0296. The average Bonchev–Trinajstić information content (AvgIpc) is 2.91. The van der Waals surface area contributed by atoms with E-state index in [9.17, 15) is 18.3 Å². The van der Waals surface area contributed by atoms with Crippen molar-refractivity contribution in [3.8, 4) is 0 Å². The van der Waals surface area contributed by atoms with E-state index in [2.05, 4.69) is 12.2 Å². The van der Waals surface area contributed by atoms with Gasteiger partial charge in [-0.3, -0.25) is 4.79 Å². The number of hydrogen-bond donors (Lipinski definition) is 2. The Morgan fingerprint density at radius 1 is 1.43 bits per heavy atom. The molecular formula is C16H23NO4S2. The number of amides is 1. The van der Waals surface area contributed by atoms with Crippen molar-refractivity contribution in [2.75, 3.05) is 18.1 Å². The molecule has 1 aliphatic heterocycles. The number of nitrogens with one attached hydrogen (secondary N) is 1. The summed E-state index contributed by atoms with van der Waals surface area (Å²) in [5, 5.41) is 15.2. The molecule has 0 radical (unpaired) electrons. The fourth-order valence-corrected chi connectivity index (χ4v) is 6.13.